The second-order valence-corrected chi connectivity index (χ2v) is 7.72. The average molecular weight is 377 g/mol. The molecule has 0 spiro atoms. The van der Waals surface area contributed by atoms with E-state index < -0.39 is 11.7 Å². The predicted octanol–water partition coefficient (Wildman–Crippen LogP) is 5.87. The van der Waals surface area contributed by atoms with E-state index >= 15 is 0 Å². The summed E-state index contributed by atoms with van der Waals surface area (Å²) in [5, 5.41) is 5.20. The van der Waals surface area contributed by atoms with Crippen LogP contribution in [0.5, 0.6) is 5.75 Å². The molecule has 28 heavy (non-hydrogen) atoms. The first-order valence-corrected chi connectivity index (χ1v) is 9.57. The van der Waals surface area contributed by atoms with E-state index in [0.29, 0.717) is 13.0 Å². The van der Waals surface area contributed by atoms with E-state index in [1.807, 2.05) is 75.4 Å². The Labute approximate surface area is 166 Å². The van der Waals surface area contributed by atoms with Crippen LogP contribution < -0.4 is 10.1 Å². The molecule has 0 radical (unpaired) electrons. The molecule has 0 saturated carbocycles. The van der Waals surface area contributed by atoms with Gasteiger partial charge in [0.25, 0.3) is 0 Å². The summed E-state index contributed by atoms with van der Waals surface area (Å²) >= 11 is 0. The maximum Gasteiger partial charge on any atom is 0.408 e. The lowest BCUT2D eigenvalue weighted by atomic mass is 10.0. The van der Waals surface area contributed by atoms with Gasteiger partial charge in [-0.15, -0.1) is 0 Å². The van der Waals surface area contributed by atoms with Crippen molar-refractivity contribution in [2.45, 2.75) is 38.8 Å². The number of ether oxygens (including phenoxy) is 2. The second-order valence-electron chi connectivity index (χ2n) is 7.72. The summed E-state index contributed by atoms with van der Waals surface area (Å²) in [6.07, 6.45) is 0.207. The van der Waals surface area contributed by atoms with Gasteiger partial charge in [-0.25, -0.2) is 4.79 Å². The van der Waals surface area contributed by atoms with Crippen LogP contribution in [-0.4, -0.2) is 18.3 Å². The zero-order valence-electron chi connectivity index (χ0n) is 16.6. The van der Waals surface area contributed by atoms with Gasteiger partial charge in [0.2, 0.25) is 0 Å². The Morgan fingerprint density at radius 1 is 0.929 bits per heavy atom. The number of carbonyl (C=O) groups excluding carboxylic acids is 1. The van der Waals surface area contributed by atoms with Crippen molar-refractivity contribution in [1.82, 2.24) is 5.32 Å². The van der Waals surface area contributed by atoms with Crippen LogP contribution in [0.25, 0.3) is 10.8 Å². The molecule has 0 aliphatic rings. The minimum atomic E-state index is -0.537. The summed E-state index contributed by atoms with van der Waals surface area (Å²) in [6.45, 7) is 6.04. The van der Waals surface area contributed by atoms with Crippen LogP contribution in [0.1, 0.15) is 38.8 Å². The van der Waals surface area contributed by atoms with E-state index in [4.69, 9.17) is 9.47 Å². The number of amides is 1. The Morgan fingerprint density at radius 3 is 2.36 bits per heavy atom. The van der Waals surface area contributed by atoms with Crippen molar-refractivity contribution in [1.29, 1.82) is 0 Å². The molecule has 0 heterocycles. The molecule has 0 aliphatic heterocycles. The van der Waals surface area contributed by atoms with E-state index in [1.165, 1.54) is 0 Å². The number of hydrogen-bond acceptors (Lipinski definition) is 3. The largest absolute Gasteiger partial charge is 0.493 e. The van der Waals surface area contributed by atoms with Crippen molar-refractivity contribution in [3.8, 4) is 5.75 Å². The molecule has 3 rings (SSSR count). The van der Waals surface area contributed by atoms with E-state index in [9.17, 15) is 4.79 Å². The van der Waals surface area contributed by atoms with Crippen LogP contribution >= 0.6 is 0 Å². The van der Waals surface area contributed by atoms with Gasteiger partial charge >= 0.3 is 6.09 Å². The van der Waals surface area contributed by atoms with Crippen LogP contribution in [-0.2, 0) is 4.74 Å². The number of alkyl carbamates (subject to hydrolysis) is 1. The number of hydrogen-bond donors (Lipinski definition) is 1. The lowest BCUT2D eigenvalue weighted by Gasteiger charge is -2.24. The molecular formula is C24H27NO3. The Hall–Kier alpha value is -3.01. The van der Waals surface area contributed by atoms with E-state index in [0.717, 1.165) is 22.1 Å². The molecule has 1 atom stereocenters. The first kappa shape index (κ1) is 19.7. The summed E-state index contributed by atoms with van der Waals surface area (Å²) in [5.41, 5.74) is 0.486. The van der Waals surface area contributed by atoms with Crippen molar-refractivity contribution in [2.24, 2.45) is 0 Å². The van der Waals surface area contributed by atoms with Gasteiger partial charge in [0.15, 0.2) is 0 Å². The van der Waals surface area contributed by atoms with Crippen molar-refractivity contribution in [3.05, 3.63) is 78.4 Å². The summed E-state index contributed by atoms with van der Waals surface area (Å²) in [4.78, 5) is 12.3. The van der Waals surface area contributed by atoms with Gasteiger partial charge in [-0.2, -0.15) is 0 Å². The number of benzene rings is 3. The molecule has 3 aromatic rings. The molecule has 3 aromatic carbocycles. The highest BCUT2D eigenvalue weighted by Gasteiger charge is 2.20. The van der Waals surface area contributed by atoms with Crippen molar-refractivity contribution < 1.29 is 14.3 Å². The summed E-state index contributed by atoms with van der Waals surface area (Å²) in [7, 11) is 0. The highest BCUT2D eigenvalue weighted by atomic mass is 16.6. The minimum absolute atomic E-state index is 0.189. The molecule has 1 amide bonds. The smallest absolute Gasteiger partial charge is 0.408 e. The van der Waals surface area contributed by atoms with Gasteiger partial charge < -0.3 is 14.8 Å². The number of fused-ring (bicyclic) bond motifs is 1. The summed E-state index contributed by atoms with van der Waals surface area (Å²) < 4.78 is 11.5. The van der Waals surface area contributed by atoms with E-state index in [-0.39, 0.29) is 6.04 Å². The lowest BCUT2D eigenvalue weighted by molar-refractivity contribution is 0.0497. The van der Waals surface area contributed by atoms with Gasteiger partial charge in [0, 0.05) is 11.8 Å². The van der Waals surface area contributed by atoms with E-state index in [2.05, 4.69) is 23.5 Å². The van der Waals surface area contributed by atoms with Crippen LogP contribution in [0.2, 0.25) is 0 Å². The fourth-order valence-electron chi connectivity index (χ4n) is 3.07. The third kappa shape index (κ3) is 5.49. The number of rotatable bonds is 6. The Kier molecular flexibility index (Phi) is 6.19. The third-order valence-corrected chi connectivity index (χ3v) is 4.31. The zero-order chi connectivity index (χ0) is 20.0. The maximum absolute atomic E-state index is 12.3. The van der Waals surface area contributed by atoms with Crippen LogP contribution in [0.15, 0.2) is 72.8 Å². The minimum Gasteiger partial charge on any atom is -0.493 e. The molecule has 0 aliphatic carbocycles. The Morgan fingerprint density at radius 2 is 1.61 bits per heavy atom. The Balaban J connectivity index is 1.68. The molecule has 0 aromatic heterocycles. The fourth-order valence-corrected chi connectivity index (χ4v) is 3.07. The quantitative estimate of drug-likeness (QED) is 0.584. The summed E-state index contributed by atoms with van der Waals surface area (Å²) in [5.74, 6) is 0.849. The van der Waals surface area contributed by atoms with Crippen LogP contribution in [0, 0.1) is 0 Å². The number of nitrogens with one attached hydrogen (secondary N) is 1. The van der Waals surface area contributed by atoms with Crippen LogP contribution in [0.3, 0.4) is 0 Å². The van der Waals surface area contributed by atoms with E-state index in [1.54, 1.807) is 0 Å². The fraction of sp³-hybridized carbons (Fsp3) is 0.292. The second kappa shape index (κ2) is 8.79. The van der Waals surface area contributed by atoms with Gasteiger partial charge in [-0.05, 0) is 37.8 Å². The van der Waals surface area contributed by atoms with Crippen LogP contribution in [0.4, 0.5) is 4.79 Å². The van der Waals surface area contributed by atoms with Gasteiger partial charge in [-0.3, -0.25) is 0 Å². The number of carbonyl (C=O) groups is 1. The first-order chi connectivity index (χ1) is 13.4. The molecular weight excluding hydrogens is 350 g/mol. The predicted molar refractivity (Wildman–Crippen MR) is 113 cm³/mol. The maximum atomic E-state index is 12.3. The van der Waals surface area contributed by atoms with Crippen molar-refractivity contribution in [3.63, 3.8) is 0 Å². The SMILES string of the molecule is CC(C)(C)OC(=O)N[C@H](CCOc1cccc2ccccc12)c1ccccc1. The standard InChI is InChI=1S/C24H27NO3/c1-24(2,3)28-23(26)25-21(19-11-5-4-6-12-19)16-17-27-22-15-9-13-18-10-7-8-14-20(18)22/h4-15,21H,16-17H2,1-3H3,(H,25,26)/t21-/m1/s1. The third-order valence-electron chi connectivity index (χ3n) is 4.31. The highest BCUT2D eigenvalue weighted by Crippen LogP contribution is 2.26. The van der Waals surface area contributed by atoms with Gasteiger partial charge in [0.05, 0.1) is 12.6 Å². The van der Waals surface area contributed by atoms with Crippen molar-refractivity contribution >= 4 is 16.9 Å². The average Bonchev–Trinajstić information content (AvgIpc) is 2.66. The molecule has 4 nitrogen and oxygen atoms in total. The summed E-state index contributed by atoms with van der Waals surface area (Å²) in [6, 6.07) is 23.9. The van der Waals surface area contributed by atoms with Gasteiger partial charge in [-0.1, -0.05) is 66.7 Å². The molecule has 1 N–H and O–H groups in total. The molecule has 146 valence electrons. The van der Waals surface area contributed by atoms with Gasteiger partial charge in [0.1, 0.15) is 11.4 Å². The molecule has 0 saturated heterocycles. The lowest BCUT2D eigenvalue weighted by Crippen LogP contribution is -2.35. The first-order valence-electron chi connectivity index (χ1n) is 9.57. The molecule has 0 unspecified atom stereocenters. The molecule has 0 fully saturated rings. The monoisotopic (exact) mass is 377 g/mol. The topological polar surface area (TPSA) is 47.6 Å². The molecule has 0 bridgehead atoms. The highest BCUT2D eigenvalue weighted by molar-refractivity contribution is 5.88. The van der Waals surface area contributed by atoms with Crippen molar-refractivity contribution in [2.75, 3.05) is 6.61 Å². The normalized spacial score (nSPS) is 12.4. The Bertz CT molecular complexity index is 911. The molecule has 4 heteroatoms. The zero-order valence-corrected chi connectivity index (χ0v) is 16.6.